The van der Waals surface area contributed by atoms with Crippen LogP contribution in [0.2, 0.25) is 5.02 Å². The fraction of sp³-hybridized carbons (Fsp3) is 0.143. The lowest BCUT2D eigenvalue weighted by molar-refractivity contribution is -0.119. The zero-order chi connectivity index (χ0) is 27.4. The van der Waals surface area contributed by atoms with Crippen LogP contribution in [0.3, 0.4) is 0 Å². The molecule has 4 aromatic rings. The normalized spacial score (nSPS) is 11.6. The van der Waals surface area contributed by atoms with Gasteiger partial charge in [-0.05, 0) is 69.3 Å². The molecule has 0 radical (unpaired) electrons. The average molecular weight is 614 g/mol. The highest BCUT2D eigenvalue weighted by molar-refractivity contribution is 9.10. The molecule has 1 amide bonds. The third-order valence-corrected chi connectivity index (χ3v) is 8.53. The Labute approximate surface area is 235 Å². The second-order valence-corrected chi connectivity index (χ2v) is 11.9. The van der Waals surface area contributed by atoms with E-state index in [-0.39, 0.29) is 15.6 Å². The van der Waals surface area contributed by atoms with Crippen LogP contribution in [0.15, 0.2) is 93.3 Å². The predicted molar refractivity (Wildman–Crippen MR) is 156 cm³/mol. The van der Waals surface area contributed by atoms with Crippen molar-refractivity contribution in [2.24, 2.45) is 5.10 Å². The molecule has 196 valence electrons. The summed E-state index contributed by atoms with van der Waals surface area (Å²) in [5, 5.41) is 4.31. The van der Waals surface area contributed by atoms with Crippen LogP contribution in [0.4, 0.5) is 5.69 Å². The van der Waals surface area contributed by atoms with Gasteiger partial charge in [0.2, 0.25) is 0 Å². The first kappa shape index (κ1) is 27.6. The third kappa shape index (κ3) is 6.01. The summed E-state index contributed by atoms with van der Waals surface area (Å²) >= 11 is 9.83. The Morgan fingerprint density at radius 1 is 1.03 bits per heavy atom. The van der Waals surface area contributed by atoms with Crippen LogP contribution >= 0.6 is 27.5 Å². The van der Waals surface area contributed by atoms with Gasteiger partial charge in [0.05, 0.1) is 21.8 Å². The molecule has 0 saturated carbocycles. The molecule has 1 heterocycles. The molecular formula is C28H26BrClN4O3S. The molecule has 3 aromatic carbocycles. The van der Waals surface area contributed by atoms with Gasteiger partial charge in [-0.25, -0.2) is 13.8 Å². The number of amides is 1. The Bertz CT molecular complexity index is 1620. The van der Waals surface area contributed by atoms with E-state index in [4.69, 9.17) is 11.6 Å². The molecular weight excluding hydrogens is 588 g/mol. The minimum atomic E-state index is -4.08. The van der Waals surface area contributed by atoms with Crippen molar-refractivity contribution < 1.29 is 13.2 Å². The van der Waals surface area contributed by atoms with E-state index in [0.717, 1.165) is 37.0 Å². The highest BCUT2D eigenvalue weighted by Crippen LogP contribution is 2.30. The average Bonchev–Trinajstić information content (AvgIpc) is 3.16. The topological polar surface area (TPSA) is 83.8 Å². The second kappa shape index (κ2) is 11.6. The number of nitrogens with one attached hydrogen (secondary N) is 1. The maximum absolute atomic E-state index is 13.5. The molecule has 1 N–H and O–H groups in total. The van der Waals surface area contributed by atoms with Gasteiger partial charge in [-0.15, -0.1) is 0 Å². The van der Waals surface area contributed by atoms with Gasteiger partial charge in [-0.3, -0.25) is 9.10 Å². The van der Waals surface area contributed by atoms with Crippen molar-refractivity contribution >= 4 is 55.4 Å². The molecule has 0 spiro atoms. The first-order valence-electron chi connectivity index (χ1n) is 11.7. The third-order valence-electron chi connectivity index (χ3n) is 5.95. The molecule has 7 nitrogen and oxygen atoms in total. The highest BCUT2D eigenvalue weighted by atomic mass is 79.9. The number of sulfonamides is 1. The molecule has 0 aliphatic rings. The lowest BCUT2D eigenvalue weighted by Gasteiger charge is -2.24. The van der Waals surface area contributed by atoms with Gasteiger partial charge in [0.25, 0.3) is 15.9 Å². The Balaban J connectivity index is 1.56. The lowest BCUT2D eigenvalue weighted by Crippen LogP contribution is -2.39. The zero-order valence-electron chi connectivity index (χ0n) is 21.0. The van der Waals surface area contributed by atoms with Crippen LogP contribution in [0.5, 0.6) is 0 Å². The number of carbonyl (C=O) groups is 1. The summed E-state index contributed by atoms with van der Waals surface area (Å²) in [6, 6.07) is 22.8. The molecule has 0 unspecified atom stereocenters. The van der Waals surface area contributed by atoms with E-state index < -0.39 is 22.5 Å². The molecule has 10 heteroatoms. The molecule has 0 fully saturated rings. The fourth-order valence-corrected chi connectivity index (χ4v) is 6.18. The van der Waals surface area contributed by atoms with Crippen molar-refractivity contribution in [3.8, 4) is 5.69 Å². The summed E-state index contributed by atoms with van der Waals surface area (Å²) in [6.07, 6.45) is 1.54. The highest BCUT2D eigenvalue weighted by Gasteiger charge is 2.28. The van der Waals surface area contributed by atoms with Crippen LogP contribution in [0.1, 0.15) is 22.5 Å². The maximum atomic E-state index is 13.5. The number of benzene rings is 3. The van der Waals surface area contributed by atoms with Crippen molar-refractivity contribution in [1.29, 1.82) is 0 Å². The summed E-state index contributed by atoms with van der Waals surface area (Å²) in [5.74, 6) is -0.613. The number of aromatic nitrogens is 1. The van der Waals surface area contributed by atoms with Crippen molar-refractivity contribution in [2.45, 2.75) is 25.7 Å². The van der Waals surface area contributed by atoms with Gasteiger partial charge in [0.1, 0.15) is 6.54 Å². The van der Waals surface area contributed by atoms with Crippen molar-refractivity contribution in [3.63, 3.8) is 0 Å². The Kier molecular flexibility index (Phi) is 8.40. The fourth-order valence-electron chi connectivity index (χ4n) is 4.06. The molecule has 38 heavy (non-hydrogen) atoms. The van der Waals surface area contributed by atoms with Gasteiger partial charge in [-0.1, -0.05) is 63.4 Å². The minimum Gasteiger partial charge on any atom is -0.318 e. The standard InChI is InChI=1S/C28H26BrClN4O3S/c1-19-11-13-25(14-12-19)38(36,37)33(27-10-5-4-9-26(27)30)18-28(35)32-31-17-22-15-20(2)34(21(22)3)24-8-6-7-23(29)16-24/h4-17H,18H2,1-3H3,(H,32,35)/b31-17-. The molecule has 0 aliphatic carbocycles. The first-order valence-corrected chi connectivity index (χ1v) is 14.3. The van der Waals surface area contributed by atoms with Crippen molar-refractivity contribution in [2.75, 3.05) is 10.8 Å². The van der Waals surface area contributed by atoms with E-state index in [1.807, 2.05) is 51.1 Å². The SMILES string of the molecule is Cc1ccc(S(=O)(=O)N(CC(=O)N/N=C\c2cc(C)n(-c3cccc(Br)c3)c2C)c2ccccc2Cl)cc1. The smallest absolute Gasteiger partial charge is 0.264 e. The quantitative estimate of drug-likeness (QED) is 0.191. The van der Waals surface area contributed by atoms with Crippen LogP contribution in [-0.2, 0) is 14.8 Å². The van der Waals surface area contributed by atoms with Gasteiger partial charge in [-0.2, -0.15) is 5.10 Å². The summed E-state index contributed by atoms with van der Waals surface area (Å²) < 4.78 is 31.1. The van der Waals surface area contributed by atoms with E-state index in [9.17, 15) is 13.2 Å². The predicted octanol–water partition coefficient (Wildman–Crippen LogP) is 6.16. The van der Waals surface area contributed by atoms with Crippen LogP contribution in [0.25, 0.3) is 5.69 Å². The van der Waals surface area contributed by atoms with Gasteiger partial charge >= 0.3 is 0 Å². The monoisotopic (exact) mass is 612 g/mol. The van der Waals surface area contributed by atoms with E-state index in [1.165, 1.54) is 12.1 Å². The number of nitrogens with zero attached hydrogens (tertiary/aromatic N) is 3. The van der Waals surface area contributed by atoms with Crippen LogP contribution in [-0.4, -0.2) is 31.7 Å². The van der Waals surface area contributed by atoms with Crippen molar-refractivity contribution in [3.05, 3.63) is 111 Å². The number of aryl methyl sites for hydroxylation is 2. The van der Waals surface area contributed by atoms with E-state index in [1.54, 1.807) is 42.6 Å². The summed E-state index contributed by atoms with van der Waals surface area (Å²) in [5.41, 5.74) is 7.33. The second-order valence-electron chi connectivity index (χ2n) is 8.71. The molecule has 0 bridgehead atoms. The Hall–Kier alpha value is -3.40. The number of anilines is 1. The minimum absolute atomic E-state index is 0.0549. The summed E-state index contributed by atoms with van der Waals surface area (Å²) in [6.45, 7) is 5.31. The largest absolute Gasteiger partial charge is 0.318 e. The number of halogens is 2. The molecule has 1 aromatic heterocycles. The summed E-state index contributed by atoms with van der Waals surface area (Å²) in [4.78, 5) is 12.9. The number of hydrogen-bond acceptors (Lipinski definition) is 4. The first-order chi connectivity index (χ1) is 18.1. The van der Waals surface area contributed by atoms with E-state index in [2.05, 4.69) is 31.0 Å². The number of para-hydroxylation sites is 1. The molecule has 4 rings (SSSR count). The van der Waals surface area contributed by atoms with Crippen molar-refractivity contribution in [1.82, 2.24) is 9.99 Å². The lowest BCUT2D eigenvalue weighted by atomic mass is 10.2. The van der Waals surface area contributed by atoms with E-state index in [0.29, 0.717) is 0 Å². The number of carbonyl (C=O) groups excluding carboxylic acids is 1. The van der Waals surface area contributed by atoms with Crippen LogP contribution < -0.4 is 9.73 Å². The molecule has 0 saturated heterocycles. The molecule has 0 aliphatic heterocycles. The Morgan fingerprint density at radius 3 is 2.42 bits per heavy atom. The van der Waals surface area contributed by atoms with E-state index >= 15 is 0 Å². The maximum Gasteiger partial charge on any atom is 0.264 e. The number of rotatable bonds is 8. The van der Waals surface area contributed by atoms with Crippen LogP contribution in [0, 0.1) is 20.8 Å². The Morgan fingerprint density at radius 2 is 1.74 bits per heavy atom. The zero-order valence-corrected chi connectivity index (χ0v) is 24.2. The number of hydrogen-bond donors (Lipinski definition) is 1. The van der Waals surface area contributed by atoms with Gasteiger partial charge in [0, 0.05) is 27.1 Å². The summed E-state index contributed by atoms with van der Waals surface area (Å²) in [7, 11) is -4.08. The molecule has 0 atom stereocenters. The number of hydrazone groups is 1. The van der Waals surface area contributed by atoms with Gasteiger partial charge in [0.15, 0.2) is 0 Å². The van der Waals surface area contributed by atoms with Gasteiger partial charge < -0.3 is 4.57 Å².